The van der Waals surface area contributed by atoms with Gasteiger partial charge in [0.2, 0.25) is 0 Å². The predicted octanol–water partition coefficient (Wildman–Crippen LogP) is 20.9. The van der Waals surface area contributed by atoms with Gasteiger partial charge in [-0.15, -0.1) is 0 Å². The van der Waals surface area contributed by atoms with Crippen molar-refractivity contribution in [3.63, 3.8) is 0 Å². The fourth-order valence-corrected chi connectivity index (χ4v) is 12.6. The number of ether oxygens (including phenoxy) is 4. The lowest BCUT2D eigenvalue weighted by Crippen LogP contribution is -2.30. The first-order chi connectivity index (χ1) is 44.0. The third kappa shape index (κ3) is 66.5. The summed E-state index contributed by atoms with van der Waals surface area (Å²) in [6.45, 7) is 7.19. The number of esters is 4. The van der Waals surface area contributed by atoms with Gasteiger partial charge in [0.05, 0.1) is 26.4 Å². The van der Waals surface area contributed by atoms with Crippen molar-refractivity contribution in [3.05, 3.63) is 0 Å². The molecule has 19 heteroatoms. The summed E-state index contributed by atoms with van der Waals surface area (Å²) in [5, 5.41) is 10.6. The maximum Gasteiger partial charge on any atom is 0.472 e. The normalized spacial score (nSPS) is 14.0. The van der Waals surface area contributed by atoms with E-state index in [4.69, 9.17) is 37.0 Å². The SMILES string of the molecule is CCCCCCCCCCCCCCCCCCC(=O)OC[C@H](COP(=O)(O)OC[C@@H](O)COP(=O)(O)OC[C@@H](COC(=O)CCCCCCC)OC(=O)CCCCCCCCCCC)OC(=O)CCCCCCCCCCCCCCCCCCCCC(C)C. The molecule has 540 valence electrons. The molecular weight excluding hydrogens is 1200 g/mol. The fraction of sp³-hybridized carbons (Fsp3) is 0.944. The summed E-state index contributed by atoms with van der Waals surface area (Å²) in [5.74, 6) is -1.31. The van der Waals surface area contributed by atoms with Gasteiger partial charge in [0.25, 0.3) is 0 Å². The van der Waals surface area contributed by atoms with Crippen LogP contribution in [0.3, 0.4) is 0 Å². The average Bonchev–Trinajstić information content (AvgIpc) is 3.36. The van der Waals surface area contributed by atoms with Gasteiger partial charge in [-0.1, -0.05) is 324 Å². The number of phosphoric ester groups is 2. The van der Waals surface area contributed by atoms with Crippen LogP contribution in [0.4, 0.5) is 0 Å². The highest BCUT2D eigenvalue weighted by Crippen LogP contribution is 2.45. The minimum Gasteiger partial charge on any atom is -0.462 e. The van der Waals surface area contributed by atoms with Crippen molar-refractivity contribution in [1.82, 2.24) is 0 Å². The predicted molar refractivity (Wildman–Crippen MR) is 368 cm³/mol. The number of unbranched alkanes of at least 4 members (excludes halogenated alkanes) is 44. The molecule has 5 atom stereocenters. The molecule has 0 aromatic carbocycles. The highest BCUT2D eigenvalue weighted by molar-refractivity contribution is 7.47. The van der Waals surface area contributed by atoms with Crippen LogP contribution in [-0.2, 0) is 65.4 Å². The van der Waals surface area contributed by atoms with Crippen molar-refractivity contribution in [2.75, 3.05) is 39.6 Å². The summed E-state index contributed by atoms with van der Waals surface area (Å²) in [5.41, 5.74) is 0. The lowest BCUT2D eigenvalue weighted by molar-refractivity contribution is -0.161. The molecule has 0 radical (unpaired) electrons. The Morgan fingerprint density at radius 1 is 0.297 bits per heavy atom. The summed E-state index contributed by atoms with van der Waals surface area (Å²) in [7, 11) is -9.89. The Labute approximate surface area is 556 Å². The van der Waals surface area contributed by atoms with E-state index in [-0.39, 0.29) is 25.7 Å². The molecule has 17 nitrogen and oxygen atoms in total. The van der Waals surface area contributed by atoms with Crippen LogP contribution in [-0.4, -0.2) is 96.7 Å². The van der Waals surface area contributed by atoms with Crippen molar-refractivity contribution in [1.29, 1.82) is 0 Å². The second-order valence-corrected chi connectivity index (χ2v) is 29.4. The van der Waals surface area contributed by atoms with Gasteiger partial charge in [-0.2, -0.15) is 0 Å². The lowest BCUT2D eigenvalue weighted by Gasteiger charge is -2.21. The van der Waals surface area contributed by atoms with E-state index in [1.807, 2.05) is 0 Å². The summed E-state index contributed by atoms with van der Waals surface area (Å²) >= 11 is 0. The first-order valence-electron chi connectivity index (χ1n) is 37.6. The molecule has 0 spiro atoms. The number of aliphatic hydroxyl groups excluding tert-OH is 1. The van der Waals surface area contributed by atoms with E-state index in [2.05, 4.69) is 34.6 Å². The van der Waals surface area contributed by atoms with Crippen LogP contribution in [0.25, 0.3) is 0 Å². The molecule has 0 fully saturated rings. The molecular formula is C72H140O17P2. The molecule has 0 aliphatic carbocycles. The van der Waals surface area contributed by atoms with Crippen molar-refractivity contribution < 1.29 is 80.2 Å². The first kappa shape index (κ1) is 89.1. The van der Waals surface area contributed by atoms with E-state index in [0.29, 0.717) is 25.7 Å². The Morgan fingerprint density at radius 2 is 0.505 bits per heavy atom. The Kier molecular flexibility index (Phi) is 64.0. The number of carbonyl (C=O) groups excluding carboxylic acids is 4. The van der Waals surface area contributed by atoms with Gasteiger partial charge in [-0.3, -0.25) is 37.3 Å². The van der Waals surface area contributed by atoms with E-state index in [1.54, 1.807) is 0 Å². The quantitative estimate of drug-likeness (QED) is 0.0222. The van der Waals surface area contributed by atoms with E-state index in [9.17, 15) is 43.2 Å². The third-order valence-electron chi connectivity index (χ3n) is 16.8. The minimum atomic E-state index is -4.95. The van der Waals surface area contributed by atoms with Gasteiger partial charge in [0.15, 0.2) is 12.2 Å². The van der Waals surface area contributed by atoms with Crippen LogP contribution >= 0.6 is 15.6 Å². The Balaban J connectivity index is 5.10. The molecule has 0 amide bonds. The lowest BCUT2D eigenvalue weighted by atomic mass is 10.0. The van der Waals surface area contributed by atoms with Crippen LogP contribution in [0.2, 0.25) is 0 Å². The van der Waals surface area contributed by atoms with E-state index in [0.717, 1.165) is 102 Å². The van der Waals surface area contributed by atoms with E-state index < -0.39 is 97.5 Å². The maximum absolute atomic E-state index is 13.1. The fourth-order valence-electron chi connectivity index (χ4n) is 11.0. The monoisotopic (exact) mass is 1340 g/mol. The van der Waals surface area contributed by atoms with Crippen molar-refractivity contribution in [2.24, 2.45) is 5.92 Å². The van der Waals surface area contributed by atoms with Crippen molar-refractivity contribution in [2.45, 2.75) is 393 Å². The van der Waals surface area contributed by atoms with Gasteiger partial charge in [0, 0.05) is 25.7 Å². The van der Waals surface area contributed by atoms with Crippen molar-refractivity contribution in [3.8, 4) is 0 Å². The molecule has 0 heterocycles. The van der Waals surface area contributed by atoms with Crippen LogP contribution in [0, 0.1) is 5.92 Å². The Morgan fingerprint density at radius 3 is 0.747 bits per heavy atom. The van der Waals surface area contributed by atoms with E-state index in [1.165, 1.54) is 193 Å². The number of hydrogen-bond acceptors (Lipinski definition) is 15. The highest BCUT2D eigenvalue weighted by Gasteiger charge is 2.30. The number of hydrogen-bond donors (Lipinski definition) is 3. The topological polar surface area (TPSA) is 237 Å². The number of phosphoric acid groups is 2. The molecule has 0 rings (SSSR count). The second kappa shape index (κ2) is 65.4. The molecule has 0 bridgehead atoms. The first-order valence-corrected chi connectivity index (χ1v) is 40.6. The van der Waals surface area contributed by atoms with Crippen molar-refractivity contribution >= 4 is 39.5 Å². The molecule has 3 N–H and O–H groups in total. The van der Waals surface area contributed by atoms with Crippen LogP contribution in [0.15, 0.2) is 0 Å². The van der Waals surface area contributed by atoms with E-state index >= 15 is 0 Å². The zero-order valence-electron chi connectivity index (χ0n) is 59.0. The maximum atomic E-state index is 13.1. The molecule has 0 aliphatic rings. The molecule has 2 unspecified atom stereocenters. The molecule has 0 saturated carbocycles. The summed E-state index contributed by atoms with van der Waals surface area (Å²) in [6, 6.07) is 0. The molecule has 0 aromatic heterocycles. The molecule has 0 aliphatic heterocycles. The summed E-state index contributed by atoms with van der Waals surface area (Å²) in [4.78, 5) is 72.2. The summed E-state index contributed by atoms with van der Waals surface area (Å²) in [6.07, 6.45) is 53.3. The zero-order chi connectivity index (χ0) is 67.0. The van der Waals surface area contributed by atoms with Gasteiger partial charge in [-0.05, 0) is 31.6 Å². The Bertz CT molecular complexity index is 1750. The third-order valence-corrected chi connectivity index (χ3v) is 18.7. The number of aliphatic hydroxyl groups is 1. The zero-order valence-corrected chi connectivity index (χ0v) is 60.8. The smallest absolute Gasteiger partial charge is 0.462 e. The van der Waals surface area contributed by atoms with Gasteiger partial charge >= 0.3 is 39.5 Å². The molecule has 91 heavy (non-hydrogen) atoms. The minimum absolute atomic E-state index is 0.105. The van der Waals surface area contributed by atoms with Gasteiger partial charge < -0.3 is 33.8 Å². The largest absolute Gasteiger partial charge is 0.472 e. The van der Waals surface area contributed by atoms with Crippen LogP contribution in [0.5, 0.6) is 0 Å². The molecule has 0 aromatic rings. The van der Waals surface area contributed by atoms with Gasteiger partial charge in [-0.25, -0.2) is 9.13 Å². The highest BCUT2D eigenvalue weighted by atomic mass is 31.2. The van der Waals surface area contributed by atoms with Crippen LogP contribution in [0.1, 0.15) is 375 Å². The number of rotatable bonds is 72. The second-order valence-electron chi connectivity index (χ2n) is 26.5. The van der Waals surface area contributed by atoms with Gasteiger partial charge in [0.1, 0.15) is 19.3 Å². The summed E-state index contributed by atoms with van der Waals surface area (Å²) < 4.78 is 68.1. The Hall–Kier alpha value is -1.94. The standard InChI is InChI=1S/C72H140O17P2/c1-6-9-12-15-17-19-20-21-22-28-31-34-38-41-46-51-56-70(75)83-62-68(89-72(77)58-53-48-43-39-35-32-29-26-24-23-25-27-30-33-37-40-45-49-54-65(4)5)64-87-91(80,81)85-60-66(73)59-84-90(78,79)86-63-67(61-82-69(74)55-50-44-14-11-8-3)88-71(76)57-52-47-42-36-18-16-13-10-7-2/h65-68,73H,6-64H2,1-5H3,(H,78,79)(H,80,81)/t66-,67+,68+/m0/s1. The molecule has 0 saturated heterocycles. The average molecular weight is 1340 g/mol. The number of carbonyl (C=O) groups is 4. The van der Waals surface area contributed by atoms with Crippen LogP contribution < -0.4 is 0 Å².